The molecule has 1 amide bonds. The van der Waals surface area contributed by atoms with E-state index in [2.05, 4.69) is 10.3 Å². The molecule has 1 N–H and O–H groups in total. The zero-order chi connectivity index (χ0) is 29.3. The van der Waals surface area contributed by atoms with Gasteiger partial charge in [0.2, 0.25) is 0 Å². The number of ether oxygens (including phenoxy) is 1. The maximum Gasteiger partial charge on any atom is 0.296 e. The number of benzene rings is 1. The molecule has 5 rings (SSSR count). The highest BCUT2D eigenvalue weighted by Crippen LogP contribution is 2.36. The summed E-state index contributed by atoms with van der Waals surface area (Å²) in [7, 11) is 1.76. The van der Waals surface area contributed by atoms with Crippen LogP contribution >= 0.6 is 24.0 Å². The largest absolute Gasteiger partial charge is 0.382 e. The van der Waals surface area contributed by atoms with E-state index in [0.29, 0.717) is 49.0 Å². The number of hydrogen-bond donors (Lipinski definition) is 1. The second kappa shape index (κ2) is 11.9. The molecule has 1 aliphatic heterocycles. The zero-order valence-electron chi connectivity index (χ0n) is 23.2. The molecular formula is C29H30N6O4S2. The van der Waals surface area contributed by atoms with Crippen molar-refractivity contribution < 1.29 is 9.53 Å². The summed E-state index contributed by atoms with van der Waals surface area (Å²) in [6.45, 7) is 7.31. The average molecular weight is 591 g/mol. The summed E-state index contributed by atoms with van der Waals surface area (Å²) in [6.07, 6.45) is 3.94. The number of nitrogens with zero attached hydrogens (tertiary/aromatic N) is 5. The lowest BCUT2D eigenvalue weighted by atomic mass is 10.2. The maximum atomic E-state index is 13.8. The van der Waals surface area contributed by atoms with Gasteiger partial charge in [0.25, 0.3) is 17.0 Å². The molecule has 1 saturated heterocycles. The fourth-order valence-corrected chi connectivity index (χ4v) is 5.90. The van der Waals surface area contributed by atoms with Crippen LogP contribution in [0.25, 0.3) is 17.4 Å². The van der Waals surface area contributed by atoms with E-state index < -0.39 is 5.91 Å². The lowest BCUT2D eigenvalue weighted by Gasteiger charge is -2.13. The van der Waals surface area contributed by atoms with Crippen LogP contribution in [-0.2, 0) is 16.6 Å². The Labute approximate surface area is 246 Å². The molecule has 1 aliphatic rings. The zero-order valence-corrected chi connectivity index (χ0v) is 24.8. The van der Waals surface area contributed by atoms with Gasteiger partial charge in [-0.2, -0.15) is 0 Å². The molecule has 41 heavy (non-hydrogen) atoms. The first-order valence-electron chi connectivity index (χ1n) is 13.2. The molecule has 212 valence electrons. The number of carbonyl (C=O) groups excluding carboxylic acids is 1. The Morgan fingerprint density at radius 2 is 1.83 bits per heavy atom. The molecule has 0 atom stereocenters. The molecule has 0 saturated carbocycles. The van der Waals surface area contributed by atoms with Crippen molar-refractivity contribution in [1.82, 2.24) is 18.7 Å². The van der Waals surface area contributed by atoms with Gasteiger partial charge in [-0.15, -0.1) is 0 Å². The Morgan fingerprint density at radius 1 is 1.07 bits per heavy atom. The molecule has 0 spiro atoms. The molecule has 0 unspecified atom stereocenters. The van der Waals surface area contributed by atoms with Crippen LogP contribution in [0.4, 0.5) is 11.5 Å². The fourth-order valence-electron chi connectivity index (χ4n) is 4.65. The van der Waals surface area contributed by atoms with Gasteiger partial charge in [0, 0.05) is 33.0 Å². The number of aromatic nitrogens is 4. The molecular weight excluding hydrogens is 560 g/mol. The number of nitrogens with one attached hydrogen (secondary N) is 1. The number of pyridine rings is 1. The third-order valence-electron chi connectivity index (χ3n) is 6.78. The van der Waals surface area contributed by atoms with Crippen molar-refractivity contribution in [3.8, 4) is 5.69 Å². The molecule has 3 aromatic heterocycles. The molecule has 0 aliphatic carbocycles. The number of thiocarbonyl (C=S) groups is 1. The number of hydrogen-bond acceptors (Lipinski definition) is 8. The van der Waals surface area contributed by atoms with Crippen molar-refractivity contribution in [2.24, 2.45) is 7.05 Å². The monoisotopic (exact) mass is 590 g/mol. The minimum atomic E-state index is -0.470. The van der Waals surface area contributed by atoms with Crippen LogP contribution in [0.3, 0.4) is 0 Å². The lowest BCUT2D eigenvalue weighted by Crippen LogP contribution is -2.33. The number of anilines is 2. The molecule has 4 aromatic rings. The first-order chi connectivity index (χ1) is 19.7. The van der Waals surface area contributed by atoms with E-state index in [1.807, 2.05) is 50.2 Å². The lowest BCUT2D eigenvalue weighted by molar-refractivity contribution is -0.113. The van der Waals surface area contributed by atoms with Gasteiger partial charge >= 0.3 is 0 Å². The van der Waals surface area contributed by atoms with E-state index in [-0.39, 0.29) is 31.6 Å². The minimum absolute atomic E-state index is 0.181. The summed E-state index contributed by atoms with van der Waals surface area (Å²) in [5.74, 6) is -0.106. The van der Waals surface area contributed by atoms with Crippen LogP contribution < -0.4 is 21.3 Å². The van der Waals surface area contributed by atoms with Crippen molar-refractivity contribution in [3.63, 3.8) is 0 Å². The van der Waals surface area contributed by atoms with Gasteiger partial charge in [-0.05, 0) is 57.0 Å². The predicted octanol–water partition coefficient (Wildman–Crippen LogP) is 4.05. The second-order valence-corrected chi connectivity index (χ2v) is 11.2. The van der Waals surface area contributed by atoms with E-state index >= 15 is 0 Å². The van der Waals surface area contributed by atoms with Crippen molar-refractivity contribution in [2.45, 2.75) is 27.2 Å². The Morgan fingerprint density at radius 3 is 2.56 bits per heavy atom. The number of rotatable bonds is 9. The first-order valence-corrected chi connectivity index (χ1v) is 14.4. The topological polar surface area (TPSA) is 103 Å². The predicted molar refractivity (Wildman–Crippen MR) is 167 cm³/mol. The van der Waals surface area contributed by atoms with Gasteiger partial charge in [-0.1, -0.05) is 48.2 Å². The fraction of sp³-hybridized carbons (Fsp3) is 0.276. The van der Waals surface area contributed by atoms with Crippen LogP contribution in [0.5, 0.6) is 0 Å². The second-order valence-electron chi connectivity index (χ2n) is 9.52. The third kappa shape index (κ3) is 5.37. The molecule has 4 heterocycles. The third-order valence-corrected chi connectivity index (χ3v) is 8.09. The highest BCUT2D eigenvalue weighted by Gasteiger charge is 2.38. The highest BCUT2D eigenvalue weighted by molar-refractivity contribution is 8.27. The van der Waals surface area contributed by atoms with E-state index in [9.17, 15) is 14.4 Å². The Hall–Kier alpha value is -4.00. The quantitative estimate of drug-likeness (QED) is 0.177. The van der Waals surface area contributed by atoms with Crippen LogP contribution in [0.2, 0.25) is 0 Å². The van der Waals surface area contributed by atoms with Crippen molar-refractivity contribution >= 4 is 57.4 Å². The number of fused-ring (bicyclic) bond motifs is 1. The summed E-state index contributed by atoms with van der Waals surface area (Å²) in [5, 5.41) is 3.24. The Kier molecular flexibility index (Phi) is 8.25. The molecule has 12 heteroatoms. The van der Waals surface area contributed by atoms with Crippen LogP contribution in [-0.4, -0.2) is 48.7 Å². The number of amides is 1. The molecule has 0 bridgehead atoms. The van der Waals surface area contributed by atoms with Gasteiger partial charge in [0.05, 0.1) is 21.8 Å². The van der Waals surface area contributed by atoms with Gasteiger partial charge < -0.3 is 10.1 Å². The highest BCUT2D eigenvalue weighted by atomic mass is 32.2. The molecule has 1 aromatic carbocycles. The first kappa shape index (κ1) is 28.5. The smallest absolute Gasteiger partial charge is 0.296 e. The summed E-state index contributed by atoms with van der Waals surface area (Å²) < 4.78 is 10.3. The van der Waals surface area contributed by atoms with E-state index in [1.165, 1.54) is 20.1 Å². The number of aryl methyl sites for hydroxylation is 1. The number of para-hydroxylation sites is 1. The van der Waals surface area contributed by atoms with E-state index in [0.717, 1.165) is 17.3 Å². The summed E-state index contributed by atoms with van der Waals surface area (Å²) in [6, 6.07) is 12.8. The van der Waals surface area contributed by atoms with Crippen LogP contribution in [0.1, 0.15) is 30.2 Å². The Balaban J connectivity index is 1.56. The van der Waals surface area contributed by atoms with Gasteiger partial charge in [-0.25, -0.2) is 9.67 Å². The Bertz CT molecular complexity index is 1810. The average Bonchev–Trinajstić information content (AvgIpc) is 3.35. The number of thioether (sulfide) groups is 1. The van der Waals surface area contributed by atoms with Gasteiger partial charge in [-0.3, -0.25) is 28.4 Å². The molecule has 1 fully saturated rings. The maximum absolute atomic E-state index is 13.8. The van der Waals surface area contributed by atoms with Crippen molar-refractivity contribution in [3.05, 3.63) is 91.1 Å². The van der Waals surface area contributed by atoms with Gasteiger partial charge in [0.1, 0.15) is 17.2 Å². The standard InChI is InChI=1S/C29H30N6O4S2/c1-5-39-15-9-14-30-25-21(26(36)33-17-18(2)12-13-23(33)31-25)16-22-27(37)34(29(40)41-22)24-19(3)32(4)35(28(24)38)20-10-7-6-8-11-20/h6-8,10-13,16-17,30H,5,9,14-15H2,1-4H3. The minimum Gasteiger partial charge on any atom is -0.382 e. The SMILES string of the molecule is CCOCCCNc1nc2ccc(C)cn2c(=O)c1C=C1SC(=S)N(c2c(C)n(C)n(-c3ccccc3)c2=O)C1=O. The van der Waals surface area contributed by atoms with Crippen molar-refractivity contribution in [2.75, 3.05) is 30.0 Å². The summed E-state index contributed by atoms with van der Waals surface area (Å²) >= 11 is 6.64. The van der Waals surface area contributed by atoms with E-state index in [1.54, 1.807) is 30.9 Å². The normalized spacial score (nSPS) is 14.5. The molecule has 0 radical (unpaired) electrons. The van der Waals surface area contributed by atoms with Crippen LogP contribution in [0, 0.1) is 13.8 Å². The van der Waals surface area contributed by atoms with Crippen LogP contribution in [0.15, 0.2) is 63.2 Å². The summed E-state index contributed by atoms with van der Waals surface area (Å²) in [4.78, 5) is 47.2. The molecule has 10 nitrogen and oxygen atoms in total. The van der Waals surface area contributed by atoms with Crippen molar-refractivity contribution in [1.29, 1.82) is 0 Å². The number of carbonyl (C=O) groups is 1. The van der Waals surface area contributed by atoms with Gasteiger partial charge in [0.15, 0.2) is 4.32 Å². The summed E-state index contributed by atoms with van der Waals surface area (Å²) in [5.41, 5.74) is 2.35. The van der Waals surface area contributed by atoms with E-state index in [4.69, 9.17) is 17.0 Å².